The third kappa shape index (κ3) is 4.20. The van der Waals surface area contributed by atoms with Crippen molar-refractivity contribution in [1.29, 1.82) is 0 Å². The molecule has 3 rings (SSSR count). The average molecular weight is 381 g/mol. The molecule has 3 aromatic rings. The minimum atomic E-state index is -0.292. The number of nitrogens with zero attached hydrogens (tertiary/aromatic N) is 3. The van der Waals surface area contributed by atoms with Crippen molar-refractivity contribution in [1.82, 2.24) is 14.5 Å². The lowest BCUT2D eigenvalue weighted by molar-refractivity contribution is 0.131. The Morgan fingerprint density at radius 3 is 2.71 bits per heavy atom. The summed E-state index contributed by atoms with van der Waals surface area (Å²) in [6, 6.07) is 12.5. The molecule has 0 bridgehead atoms. The van der Waals surface area contributed by atoms with E-state index in [2.05, 4.69) is 59.9 Å². The molecule has 1 atom stereocenters. The summed E-state index contributed by atoms with van der Waals surface area (Å²) in [5.41, 5.74) is 4.00. The van der Waals surface area contributed by atoms with Crippen LogP contribution in [0.25, 0.3) is 11.0 Å². The first-order chi connectivity index (χ1) is 13.5. The first kappa shape index (κ1) is 20.3. The number of nitrogens with one attached hydrogen (secondary N) is 1. The van der Waals surface area contributed by atoms with Crippen LogP contribution in [-0.2, 0) is 16.7 Å². The van der Waals surface area contributed by atoms with Gasteiger partial charge in [-0.15, -0.1) is 0 Å². The molecule has 2 aromatic heterocycles. The van der Waals surface area contributed by atoms with Crippen molar-refractivity contribution in [2.45, 2.75) is 46.1 Å². The molecule has 0 saturated carbocycles. The Morgan fingerprint density at radius 2 is 2.04 bits per heavy atom. The van der Waals surface area contributed by atoms with Crippen molar-refractivity contribution >= 4 is 16.7 Å². The molecule has 0 spiro atoms. The molecule has 0 saturated heterocycles. The topological polar surface area (TPSA) is 52.0 Å². The number of ether oxygens (including phenoxy) is 1. The van der Waals surface area contributed by atoms with E-state index in [1.165, 1.54) is 5.52 Å². The van der Waals surface area contributed by atoms with E-state index in [0.717, 1.165) is 48.9 Å². The van der Waals surface area contributed by atoms with E-state index >= 15 is 0 Å². The minimum absolute atomic E-state index is 0.292. The Bertz CT molecular complexity index is 902. The summed E-state index contributed by atoms with van der Waals surface area (Å²) in [4.78, 5) is 9.70. The molecule has 0 aliphatic heterocycles. The van der Waals surface area contributed by atoms with Gasteiger partial charge < -0.3 is 14.6 Å². The standard InChI is InChI=1S/C23H32N4O/c1-6-28-14-12-17(2)16-27-20-11-10-18(24-5)15-19(20)26-22(27)23(3,4)21-9-7-8-13-25-21/h7-11,13,15,17,24H,6,12,14,16H2,1-5H3. The maximum Gasteiger partial charge on any atom is 0.121 e. The molecule has 1 N–H and O–H groups in total. The average Bonchev–Trinajstić information content (AvgIpc) is 3.07. The maximum absolute atomic E-state index is 5.56. The zero-order chi connectivity index (χ0) is 20.1. The number of fused-ring (bicyclic) bond motifs is 1. The lowest BCUT2D eigenvalue weighted by atomic mass is 9.87. The van der Waals surface area contributed by atoms with Crippen LogP contribution in [0.2, 0.25) is 0 Å². The molecule has 0 fully saturated rings. The van der Waals surface area contributed by atoms with Crippen LogP contribution in [0.15, 0.2) is 42.6 Å². The third-order valence-corrected chi connectivity index (χ3v) is 5.35. The molecule has 2 heterocycles. The van der Waals surface area contributed by atoms with Gasteiger partial charge in [0.25, 0.3) is 0 Å². The van der Waals surface area contributed by atoms with E-state index in [0.29, 0.717) is 5.92 Å². The van der Waals surface area contributed by atoms with Crippen molar-refractivity contribution in [3.63, 3.8) is 0 Å². The van der Waals surface area contributed by atoms with Crippen LogP contribution < -0.4 is 5.32 Å². The van der Waals surface area contributed by atoms with Crippen molar-refractivity contribution in [3.05, 3.63) is 54.1 Å². The summed E-state index contributed by atoms with van der Waals surface area (Å²) in [5, 5.41) is 3.22. The predicted octanol–water partition coefficient (Wildman–Crippen LogP) is 4.86. The molecule has 1 aromatic carbocycles. The SMILES string of the molecule is CCOCCC(C)Cn1c(C(C)(C)c2ccccn2)nc2cc(NC)ccc21. The second kappa shape index (κ2) is 8.74. The molecule has 5 nitrogen and oxygen atoms in total. The minimum Gasteiger partial charge on any atom is -0.388 e. The van der Waals surface area contributed by atoms with E-state index in [-0.39, 0.29) is 5.41 Å². The quantitative estimate of drug-likeness (QED) is 0.539. The summed E-state index contributed by atoms with van der Waals surface area (Å²) < 4.78 is 7.94. The van der Waals surface area contributed by atoms with Gasteiger partial charge in [-0.3, -0.25) is 4.98 Å². The Kier molecular flexibility index (Phi) is 6.35. The van der Waals surface area contributed by atoms with Gasteiger partial charge in [-0.25, -0.2) is 4.98 Å². The van der Waals surface area contributed by atoms with E-state index in [1.807, 2.05) is 32.3 Å². The van der Waals surface area contributed by atoms with Crippen molar-refractivity contribution in [2.24, 2.45) is 5.92 Å². The number of rotatable bonds is 9. The van der Waals surface area contributed by atoms with Gasteiger partial charge in [0.1, 0.15) is 5.82 Å². The fraction of sp³-hybridized carbons (Fsp3) is 0.478. The second-order valence-corrected chi connectivity index (χ2v) is 7.93. The number of hydrogen-bond acceptors (Lipinski definition) is 4. The van der Waals surface area contributed by atoms with Gasteiger partial charge in [0.2, 0.25) is 0 Å². The molecule has 1 unspecified atom stereocenters. The lowest BCUT2D eigenvalue weighted by Crippen LogP contribution is -2.27. The normalized spacial score (nSPS) is 13.0. The highest BCUT2D eigenvalue weighted by Gasteiger charge is 2.31. The lowest BCUT2D eigenvalue weighted by Gasteiger charge is -2.26. The van der Waals surface area contributed by atoms with Crippen LogP contribution in [0.1, 0.15) is 45.6 Å². The van der Waals surface area contributed by atoms with E-state index in [9.17, 15) is 0 Å². The monoisotopic (exact) mass is 380 g/mol. The summed E-state index contributed by atoms with van der Waals surface area (Å²) in [6.07, 6.45) is 2.89. The predicted molar refractivity (Wildman–Crippen MR) is 116 cm³/mol. The van der Waals surface area contributed by atoms with Crippen LogP contribution in [-0.4, -0.2) is 34.8 Å². The second-order valence-electron chi connectivity index (χ2n) is 7.93. The highest BCUT2D eigenvalue weighted by molar-refractivity contribution is 5.80. The Labute approximate surface area is 168 Å². The van der Waals surface area contributed by atoms with Gasteiger partial charge in [-0.05, 0) is 63.4 Å². The molecule has 28 heavy (non-hydrogen) atoms. The molecular weight excluding hydrogens is 348 g/mol. The number of hydrogen-bond donors (Lipinski definition) is 1. The summed E-state index contributed by atoms with van der Waals surface area (Å²) in [6.45, 7) is 11.2. The van der Waals surface area contributed by atoms with E-state index in [4.69, 9.17) is 9.72 Å². The van der Waals surface area contributed by atoms with Crippen molar-refractivity contribution in [3.8, 4) is 0 Å². The van der Waals surface area contributed by atoms with Crippen LogP contribution in [0.4, 0.5) is 5.69 Å². The fourth-order valence-corrected chi connectivity index (χ4v) is 3.63. The number of anilines is 1. The molecule has 0 aliphatic rings. The summed E-state index contributed by atoms with van der Waals surface area (Å²) in [5.74, 6) is 1.55. The molecule has 0 radical (unpaired) electrons. The smallest absolute Gasteiger partial charge is 0.121 e. The first-order valence-corrected chi connectivity index (χ1v) is 10.1. The third-order valence-electron chi connectivity index (χ3n) is 5.35. The summed E-state index contributed by atoms with van der Waals surface area (Å²) >= 11 is 0. The van der Waals surface area contributed by atoms with Gasteiger partial charge in [0.05, 0.1) is 22.1 Å². The van der Waals surface area contributed by atoms with Crippen molar-refractivity contribution in [2.75, 3.05) is 25.6 Å². The largest absolute Gasteiger partial charge is 0.388 e. The number of aromatic nitrogens is 3. The van der Waals surface area contributed by atoms with E-state index < -0.39 is 0 Å². The van der Waals surface area contributed by atoms with Crippen molar-refractivity contribution < 1.29 is 4.74 Å². The first-order valence-electron chi connectivity index (χ1n) is 10.1. The van der Waals surface area contributed by atoms with Crippen LogP contribution in [0, 0.1) is 5.92 Å². The highest BCUT2D eigenvalue weighted by atomic mass is 16.5. The number of benzene rings is 1. The van der Waals surface area contributed by atoms with Crippen LogP contribution in [0.3, 0.4) is 0 Å². The number of imidazole rings is 1. The van der Waals surface area contributed by atoms with Crippen LogP contribution in [0.5, 0.6) is 0 Å². The fourth-order valence-electron chi connectivity index (χ4n) is 3.63. The number of pyridine rings is 1. The van der Waals surface area contributed by atoms with Gasteiger partial charge in [0.15, 0.2) is 0 Å². The molecule has 0 aliphatic carbocycles. The molecule has 150 valence electrons. The highest BCUT2D eigenvalue weighted by Crippen LogP contribution is 2.33. The maximum atomic E-state index is 5.56. The Hall–Kier alpha value is -2.40. The molecule has 0 amide bonds. The van der Waals surface area contributed by atoms with Gasteiger partial charge >= 0.3 is 0 Å². The van der Waals surface area contributed by atoms with Crippen LogP contribution >= 0.6 is 0 Å². The van der Waals surface area contributed by atoms with Gasteiger partial charge in [-0.1, -0.05) is 13.0 Å². The van der Waals surface area contributed by atoms with Gasteiger partial charge in [0, 0.05) is 38.7 Å². The zero-order valence-electron chi connectivity index (χ0n) is 17.7. The van der Waals surface area contributed by atoms with E-state index in [1.54, 1.807) is 0 Å². The molecule has 5 heteroatoms. The summed E-state index contributed by atoms with van der Waals surface area (Å²) in [7, 11) is 1.94. The van der Waals surface area contributed by atoms with Gasteiger partial charge in [-0.2, -0.15) is 0 Å². The molecular formula is C23H32N4O. The zero-order valence-corrected chi connectivity index (χ0v) is 17.7. The Morgan fingerprint density at radius 1 is 1.21 bits per heavy atom. The Balaban J connectivity index is 2.04.